The van der Waals surface area contributed by atoms with E-state index in [9.17, 15) is 9.59 Å². The Hall–Kier alpha value is -4.59. The molecular weight excluding hydrogens is 432 g/mol. The molecule has 0 saturated carbocycles. The fraction of sp³-hybridized carbons (Fsp3) is 0.115. The van der Waals surface area contributed by atoms with Crippen LogP contribution < -0.4 is 25.8 Å². The van der Waals surface area contributed by atoms with Gasteiger partial charge in [-0.05, 0) is 46.8 Å². The summed E-state index contributed by atoms with van der Waals surface area (Å²) in [6.45, 7) is 0.455. The normalized spacial score (nSPS) is 12.8. The zero-order valence-corrected chi connectivity index (χ0v) is 18.2. The molecule has 1 aliphatic heterocycles. The number of aromatic nitrogens is 1. The van der Waals surface area contributed by atoms with E-state index < -0.39 is 11.9 Å². The van der Waals surface area contributed by atoms with Crippen LogP contribution in [0.4, 0.5) is 5.82 Å². The minimum atomic E-state index is -0.885. The minimum Gasteiger partial charge on any atom is -0.454 e. The number of carbonyl (C=O) groups excluding carboxylic acids is 2. The van der Waals surface area contributed by atoms with E-state index >= 15 is 0 Å². The van der Waals surface area contributed by atoms with Gasteiger partial charge in [-0.3, -0.25) is 9.59 Å². The van der Waals surface area contributed by atoms with E-state index in [2.05, 4.69) is 15.6 Å². The Balaban J connectivity index is 1.35. The summed E-state index contributed by atoms with van der Waals surface area (Å²) in [5.74, 6) is 0.935. The summed E-state index contributed by atoms with van der Waals surface area (Å²) in [6, 6.07) is 20.7. The first-order valence-corrected chi connectivity index (χ1v) is 10.7. The molecule has 3 aromatic carbocycles. The molecule has 1 aliphatic rings. The zero-order valence-electron chi connectivity index (χ0n) is 18.2. The predicted octanol–water partition coefficient (Wildman–Crippen LogP) is 3.33. The summed E-state index contributed by atoms with van der Waals surface area (Å²) >= 11 is 0. The molecule has 170 valence electrons. The van der Waals surface area contributed by atoms with Crippen LogP contribution in [0.25, 0.3) is 10.8 Å². The van der Waals surface area contributed by atoms with E-state index in [1.807, 2.05) is 36.4 Å². The van der Waals surface area contributed by atoms with Crippen LogP contribution in [0.2, 0.25) is 0 Å². The number of carbonyl (C=O) groups is 2. The van der Waals surface area contributed by atoms with Crippen molar-refractivity contribution in [1.82, 2.24) is 15.6 Å². The Kier molecular flexibility index (Phi) is 5.70. The van der Waals surface area contributed by atoms with Gasteiger partial charge >= 0.3 is 0 Å². The maximum absolute atomic E-state index is 13.2. The molecular formula is C26H22N4O4. The van der Waals surface area contributed by atoms with Gasteiger partial charge in [0.25, 0.3) is 5.91 Å². The van der Waals surface area contributed by atoms with Crippen molar-refractivity contribution in [2.45, 2.75) is 12.6 Å². The van der Waals surface area contributed by atoms with Crippen LogP contribution >= 0.6 is 0 Å². The molecule has 1 aromatic heterocycles. The molecule has 0 spiro atoms. The van der Waals surface area contributed by atoms with Gasteiger partial charge in [-0.1, -0.05) is 42.5 Å². The number of amides is 2. The average molecular weight is 454 g/mol. The van der Waals surface area contributed by atoms with Gasteiger partial charge < -0.3 is 25.8 Å². The molecule has 0 bridgehead atoms. The first kappa shape index (κ1) is 21.3. The molecule has 2 heterocycles. The number of rotatable bonds is 6. The summed E-state index contributed by atoms with van der Waals surface area (Å²) in [5, 5.41) is 7.32. The number of nitrogens with one attached hydrogen (secondary N) is 2. The number of pyridine rings is 1. The number of fused-ring (bicyclic) bond motifs is 2. The first-order chi connectivity index (χ1) is 16.6. The highest BCUT2D eigenvalue weighted by molar-refractivity contribution is 6.02. The molecule has 8 heteroatoms. The predicted molar refractivity (Wildman–Crippen MR) is 127 cm³/mol. The fourth-order valence-corrected chi connectivity index (χ4v) is 3.83. The second-order valence-electron chi connectivity index (χ2n) is 7.85. The molecule has 4 N–H and O–H groups in total. The Bertz CT molecular complexity index is 1370. The molecule has 4 aromatic rings. The van der Waals surface area contributed by atoms with Crippen LogP contribution in [-0.2, 0) is 11.3 Å². The van der Waals surface area contributed by atoms with Gasteiger partial charge in [0.1, 0.15) is 11.9 Å². The van der Waals surface area contributed by atoms with Crippen molar-refractivity contribution < 1.29 is 19.1 Å². The van der Waals surface area contributed by atoms with Gasteiger partial charge in [0.05, 0.1) is 0 Å². The molecule has 0 aliphatic carbocycles. The van der Waals surface area contributed by atoms with E-state index in [1.54, 1.807) is 42.6 Å². The van der Waals surface area contributed by atoms with Crippen molar-refractivity contribution in [2.24, 2.45) is 0 Å². The molecule has 34 heavy (non-hydrogen) atoms. The highest BCUT2D eigenvalue weighted by Gasteiger charge is 2.24. The van der Waals surface area contributed by atoms with Crippen molar-refractivity contribution in [3.8, 4) is 11.5 Å². The molecule has 2 amide bonds. The van der Waals surface area contributed by atoms with E-state index in [4.69, 9.17) is 15.2 Å². The van der Waals surface area contributed by atoms with E-state index in [0.717, 1.165) is 10.9 Å². The molecule has 0 saturated heterocycles. The smallest absolute Gasteiger partial charge is 0.252 e. The van der Waals surface area contributed by atoms with Gasteiger partial charge in [0, 0.05) is 23.7 Å². The molecule has 0 fully saturated rings. The Labute approximate surface area is 195 Å². The number of hydrogen-bond acceptors (Lipinski definition) is 6. The minimum absolute atomic E-state index is 0.184. The Morgan fingerprint density at radius 2 is 1.79 bits per heavy atom. The third kappa shape index (κ3) is 4.33. The van der Waals surface area contributed by atoms with Crippen molar-refractivity contribution in [3.63, 3.8) is 0 Å². The third-order valence-electron chi connectivity index (χ3n) is 5.63. The summed E-state index contributed by atoms with van der Waals surface area (Å²) in [6.07, 6.45) is 1.62. The number of benzene rings is 3. The standard InChI is InChI=1S/C26H22N4O4/c27-24-20-13-19(8-7-17(20)10-11-28-24)25(31)30-23(18-4-2-1-3-5-18)26(32)29-14-16-6-9-21-22(12-16)34-15-33-21/h1-13,23H,14-15H2,(H2,27,28)(H,29,32)(H,30,31)/t23-/m1/s1. The number of nitrogens with two attached hydrogens (primary N) is 1. The SMILES string of the molecule is Nc1nccc2ccc(C(=O)N[C@@H](C(=O)NCc3ccc4c(c3)OCO4)c3ccccc3)cc12. The van der Waals surface area contributed by atoms with Gasteiger partial charge in [0.15, 0.2) is 11.5 Å². The second kappa shape index (κ2) is 9.11. The number of nitrogen functional groups attached to an aromatic ring is 1. The topological polar surface area (TPSA) is 116 Å². The Morgan fingerprint density at radius 1 is 0.971 bits per heavy atom. The van der Waals surface area contributed by atoms with Crippen LogP contribution in [0.15, 0.2) is 79.0 Å². The van der Waals surface area contributed by atoms with Crippen LogP contribution in [0.5, 0.6) is 11.5 Å². The number of nitrogens with zero attached hydrogens (tertiary/aromatic N) is 1. The molecule has 8 nitrogen and oxygen atoms in total. The van der Waals surface area contributed by atoms with Gasteiger partial charge in [0.2, 0.25) is 12.7 Å². The van der Waals surface area contributed by atoms with Crippen molar-refractivity contribution in [1.29, 1.82) is 0 Å². The molecule has 0 unspecified atom stereocenters. The molecule has 0 radical (unpaired) electrons. The van der Waals surface area contributed by atoms with Crippen LogP contribution in [-0.4, -0.2) is 23.6 Å². The van der Waals surface area contributed by atoms with Crippen molar-refractivity contribution in [3.05, 3.63) is 95.7 Å². The number of ether oxygens (including phenoxy) is 2. The summed E-state index contributed by atoms with van der Waals surface area (Å²) in [4.78, 5) is 30.4. The lowest BCUT2D eigenvalue weighted by molar-refractivity contribution is -0.123. The number of anilines is 1. The lowest BCUT2D eigenvalue weighted by atomic mass is 10.0. The first-order valence-electron chi connectivity index (χ1n) is 10.7. The Morgan fingerprint density at radius 3 is 2.65 bits per heavy atom. The molecule has 5 rings (SSSR count). The summed E-state index contributed by atoms with van der Waals surface area (Å²) in [7, 11) is 0. The average Bonchev–Trinajstić information content (AvgIpc) is 3.34. The maximum Gasteiger partial charge on any atom is 0.252 e. The van der Waals surface area contributed by atoms with Crippen LogP contribution in [0, 0.1) is 0 Å². The van der Waals surface area contributed by atoms with Gasteiger partial charge in [-0.25, -0.2) is 4.98 Å². The van der Waals surface area contributed by atoms with E-state index in [-0.39, 0.29) is 19.2 Å². The van der Waals surface area contributed by atoms with Crippen molar-refractivity contribution >= 4 is 28.4 Å². The quantitative estimate of drug-likeness (QED) is 0.412. The fourth-order valence-electron chi connectivity index (χ4n) is 3.83. The third-order valence-corrected chi connectivity index (χ3v) is 5.63. The van der Waals surface area contributed by atoms with Gasteiger partial charge in [-0.15, -0.1) is 0 Å². The zero-order chi connectivity index (χ0) is 23.5. The van der Waals surface area contributed by atoms with Gasteiger partial charge in [-0.2, -0.15) is 0 Å². The second-order valence-corrected chi connectivity index (χ2v) is 7.85. The van der Waals surface area contributed by atoms with Crippen molar-refractivity contribution in [2.75, 3.05) is 12.5 Å². The lowest BCUT2D eigenvalue weighted by Crippen LogP contribution is -2.40. The summed E-state index contributed by atoms with van der Waals surface area (Å²) < 4.78 is 10.7. The highest BCUT2D eigenvalue weighted by Crippen LogP contribution is 2.32. The number of hydrogen-bond donors (Lipinski definition) is 3. The van der Waals surface area contributed by atoms with Crippen LogP contribution in [0.1, 0.15) is 27.5 Å². The maximum atomic E-state index is 13.2. The highest BCUT2D eigenvalue weighted by atomic mass is 16.7. The lowest BCUT2D eigenvalue weighted by Gasteiger charge is -2.19. The van der Waals surface area contributed by atoms with E-state index in [1.165, 1.54) is 0 Å². The monoisotopic (exact) mass is 454 g/mol. The van der Waals surface area contributed by atoms with E-state index in [0.29, 0.717) is 33.8 Å². The molecule has 1 atom stereocenters. The van der Waals surface area contributed by atoms with Crippen LogP contribution in [0.3, 0.4) is 0 Å². The largest absolute Gasteiger partial charge is 0.454 e. The summed E-state index contributed by atoms with van der Waals surface area (Å²) in [5.41, 5.74) is 7.88.